The van der Waals surface area contributed by atoms with Crippen molar-refractivity contribution >= 4 is 18.4 Å². The lowest BCUT2D eigenvalue weighted by Gasteiger charge is -2.26. The van der Waals surface area contributed by atoms with Crippen LogP contribution >= 0.6 is 7.26 Å². The minimum absolute atomic E-state index is 0.170. The highest BCUT2D eigenvalue weighted by Gasteiger charge is 2.43. The van der Waals surface area contributed by atoms with Crippen molar-refractivity contribution < 1.29 is 4.79 Å². The second-order valence-electron chi connectivity index (χ2n) is 5.83. The Kier molecular flexibility index (Phi) is 8.08. The van der Waals surface area contributed by atoms with Gasteiger partial charge in [0.1, 0.15) is 17.9 Å². The fraction of sp³-hybridized carbons (Fsp3) is 0.318. The summed E-state index contributed by atoms with van der Waals surface area (Å²) in [4.78, 5) is 12.3. The lowest BCUT2D eigenvalue weighted by atomic mass is 10.1. The summed E-state index contributed by atoms with van der Waals surface area (Å²) < 4.78 is 0. The number of Topliss-reactive ketones (excluding diaryl/α,β-unsaturated/α-hetero) is 1. The molecule has 0 aliphatic heterocycles. The van der Waals surface area contributed by atoms with Gasteiger partial charge in [0, 0.05) is 5.57 Å². The zero-order valence-corrected chi connectivity index (χ0v) is 16.7. The quantitative estimate of drug-likeness (QED) is 0.324. The molecule has 0 aliphatic rings. The zero-order valence-electron chi connectivity index (χ0n) is 15.8. The maximum absolute atomic E-state index is 12.3. The zero-order chi connectivity index (χ0) is 18.2. The Balaban J connectivity index is 3.90. The summed E-state index contributed by atoms with van der Waals surface area (Å²) >= 11 is 0. The highest BCUT2D eigenvalue weighted by atomic mass is 31.2. The van der Waals surface area contributed by atoms with Gasteiger partial charge in [-0.3, -0.25) is 4.79 Å². The van der Waals surface area contributed by atoms with Crippen molar-refractivity contribution in [2.75, 3.05) is 6.66 Å². The first-order chi connectivity index (χ1) is 11.5. The highest BCUT2D eigenvalue weighted by molar-refractivity contribution is 7.90. The summed E-state index contributed by atoms with van der Waals surface area (Å²) in [6, 6.07) is 10.6. The standard InChI is InChI=1S/C22H30OP/c1-7-14-19(9-3)24(6,20-16-12-11-13-17-20)22(15-8-2)21(10-4)18(5)23/h7-9,11-17H,10H2,1-6H3/q+1/b14-7-,15-8-,19-9+,22-21-. The largest absolute Gasteiger partial charge is 0.295 e. The van der Waals surface area contributed by atoms with Crippen LogP contribution in [0.4, 0.5) is 0 Å². The molecule has 2 heteroatoms. The van der Waals surface area contributed by atoms with Gasteiger partial charge in [-0.2, -0.15) is 0 Å². The maximum Gasteiger partial charge on any atom is 0.159 e. The molecule has 0 spiro atoms. The van der Waals surface area contributed by atoms with Crippen molar-refractivity contribution in [2.24, 2.45) is 0 Å². The summed E-state index contributed by atoms with van der Waals surface area (Å²) in [6.45, 7) is 12.2. The summed E-state index contributed by atoms with van der Waals surface area (Å²) in [5.41, 5.74) is 0.941. The van der Waals surface area contributed by atoms with Gasteiger partial charge in [0.25, 0.3) is 0 Å². The van der Waals surface area contributed by atoms with Gasteiger partial charge in [0.15, 0.2) is 5.78 Å². The average molecular weight is 341 g/mol. The molecule has 0 aromatic heterocycles. The molecule has 24 heavy (non-hydrogen) atoms. The molecular formula is C22H30OP+. The number of carbonyl (C=O) groups excluding carboxylic acids is 1. The molecule has 0 saturated carbocycles. The third-order valence-electron chi connectivity index (χ3n) is 4.32. The Bertz CT molecular complexity index is 677. The van der Waals surface area contributed by atoms with Crippen LogP contribution in [0.1, 0.15) is 41.0 Å². The van der Waals surface area contributed by atoms with Gasteiger partial charge in [0.05, 0.1) is 12.0 Å². The number of allylic oxidation sites excluding steroid dienone is 8. The fourth-order valence-corrected chi connectivity index (χ4v) is 7.00. The van der Waals surface area contributed by atoms with Crippen molar-refractivity contribution in [1.29, 1.82) is 0 Å². The Morgan fingerprint density at radius 3 is 2.04 bits per heavy atom. The van der Waals surface area contributed by atoms with Gasteiger partial charge < -0.3 is 0 Å². The van der Waals surface area contributed by atoms with E-state index in [0.29, 0.717) is 0 Å². The minimum atomic E-state index is -1.86. The van der Waals surface area contributed by atoms with Gasteiger partial charge in [0.2, 0.25) is 0 Å². The maximum atomic E-state index is 12.3. The molecule has 0 N–H and O–H groups in total. The molecule has 0 fully saturated rings. The van der Waals surface area contributed by atoms with Crippen molar-refractivity contribution in [1.82, 2.24) is 0 Å². The van der Waals surface area contributed by atoms with E-state index in [9.17, 15) is 4.79 Å². The normalized spacial score (nSPS) is 16.3. The van der Waals surface area contributed by atoms with Gasteiger partial charge >= 0.3 is 0 Å². The van der Waals surface area contributed by atoms with Crippen molar-refractivity contribution in [3.8, 4) is 0 Å². The van der Waals surface area contributed by atoms with Crippen LogP contribution in [0.3, 0.4) is 0 Å². The van der Waals surface area contributed by atoms with Gasteiger partial charge in [-0.15, -0.1) is 0 Å². The Morgan fingerprint density at radius 1 is 1.04 bits per heavy atom. The topological polar surface area (TPSA) is 17.1 Å². The number of hydrogen-bond donors (Lipinski definition) is 0. The number of benzene rings is 1. The van der Waals surface area contributed by atoms with Gasteiger partial charge in [-0.05, 0) is 64.5 Å². The fourth-order valence-electron chi connectivity index (χ4n) is 3.12. The lowest BCUT2D eigenvalue weighted by Crippen LogP contribution is -2.15. The first-order valence-electron chi connectivity index (χ1n) is 8.56. The van der Waals surface area contributed by atoms with Crippen molar-refractivity contribution in [2.45, 2.75) is 41.0 Å². The van der Waals surface area contributed by atoms with Crippen LogP contribution < -0.4 is 5.30 Å². The van der Waals surface area contributed by atoms with Crippen molar-refractivity contribution in [3.05, 3.63) is 76.9 Å². The second-order valence-corrected chi connectivity index (χ2v) is 9.36. The van der Waals surface area contributed by atoms with Gasteiger partial charge in [-0.25, -0.2) is 0 Å². The van der Waals surface area contributed by atoms with Crippen LogP contribution in [0, 0.1) is 0 Å². The SMILES string of the molecule is C/C=C\C(=C(/CC)C(C)=O)[P+](C)(C(/C=C\C)=C/C)c1ccccc1. The Labute approximate surface area is 148 Å². The lowest BCUT2D eigenvalue weighted by molar-refractivity contribution is -0.113. The molecule has 0 heterocycles. The summed E-state index contributed by atoms with van der Waals surface area (Å²) in [6.07, 6.45) is 11.4. The molecule has 1 nitrogen and oxygen atoms in total. The Hall–Kier alpha value is -1.72. The van der Waals surface area contributed by atoms with E-state index in [4.69, 9.17) is 0 Å². The van der Waals surface area contributed by atoms with E-state index in [1.807, 2.05) is 19.9 Å². The van der Waals surface area contributed by atoms with Gasteiger partial charge in [-0.1, -0.05) is 37.3 Å². The van der Waals surface area contributed by atoms with Crippen LogP contribution in [0.25, 0.3) is 0 Å². The summed E-state index contributed by atoms with van der Waals surface area (Å²) in [5.74, 6) is 0.170. The van der Waals surface area contributed by atoms with Crippen LogP contribution in [-0.4, -0.2) is 12.4 Å². The van der Waals surface area contributed by atoms with Crippen molar-refractivity contribution in [3.63, 3.8) is 0 Å². The molecule has 0 saturated heterocycles. The van der Waals surface area contributed by atoms with Crippen LogP contribution in [-0.2, 0) is 4.79 Å². The average Bonchev–Trinajstić information content (AvgIpc) is 2.59. The predicted octanol–water partition coefficient (Wildman–Crippen LogP) is 6.27. The van der Waals surface area contributed by atoms with Crippen LogP contribution in [0.5, 0.6) is 0 Å². The van der Waals surface area contributed by atoms with E-state index in [-0.39, 0.29) is 5.78 Å². The second kappa shape index (κ2) is 9.55. The minimum Gasteiger partial charge on any atom is -0.295 e. The third kappa shape index (κ3) is 4.22. The molecule has 128 valence electrons. The van der Waals surface area contributed by atoms with E-state index in [1.54, 1.807) is 6.92 Å². The molecule has 1 unspecified atom stereocenters. The third-order valence-corrected chi connectivity index (χ3v) is 8.47. The Morgan fingerprint density at radius 2 is 1.62 bits per heavy atom. The molecule has 0 radical (unpaired) electrons. The monoisotopic (exact) mass is 341 g/mol. The number of ketones is 1. The van der Waals surface area contributed by atoms with Crippen LogP contribution in [0.2, 0.25) is 0 Å². The summed E-state index contributed by atoms with van der Waals surface area (Å²) in [5, 5.41) is 3.80. The molecule has 0 aliphatic carbocycles. The molecular weight excluding hydrogens is 311 g/mol. The number of rotatable bonds is 7. The first kappa shape index (κ1) is 20.3. The molecule has 1 rings (SSSR count). The molecule has 1 aromatic rings. The highest BCUT2D eigenvalue weighted by Crippen LogP contribution is 2.69. The van der Waals surface area contributed by atoms with E-state index in [2.05, 4.69) is 75.2 Å². The molecule has 1 aromatic carbocycles. The first-order valence-corrected chi connectivity index (χ1v) is 10.8. The van der Waals surface area contributed by atoms with E-state index < -0.39 is 7.26 Å². The number of hydrogen-bond acceptors (Lipinski definition) is 1. The predicted molar refractivity (Wildman–Crippen MR) is 110 cm³/mol. The summed E-state index contributed by atoms with van der Waals surface area (Å²) in [7, 11) is -1.86. The molecule has 1 atom stereocenters. The number of carbonyl (C=O) groups is 1. The van der Waals surface area contributed by atoms with E-state index in [0.717, 1.165) is 12.0 Å². The molecule has 0 bridgehead atoms. The smallest absolute Gasteiger partial charge is 0.159 e. The molecule has 0 amide bonds. The van der Waals surface area contributed by atoms with Crippen LogP contribution in [0.15, 0.2) is 76.9 Å². The van der Waals surface area contributed by atoms with E-state index >= 15 is 0 Å². The van der Waals surface area contributed by atoms with E-state index in [1.165, 1.54) is 15.9 Å².